The molecule has 0 bridgehead atoms. The lowest BCUT2D eigenvalue weighted by Crippen LogP contribution is -2.26. The minimum Gasteiger partial charge on any atom is -0.398 e. The van der Waals surface area contributed by atoms with E-state index in [2.05, 4.69) is 0 Å². The first-order chi connectivity index (χ1) is 9.30. The maximum atomic E-state index is 12.5. The van der Waals surface area contributed by atoms with Crippen LogP contribution in [0.1, 0.15) is 4.88 Å². The first-order valence-electron chi connectivity index (χ1n) is 5.56. The quantitative estimate of drug-likeness (QED) is 0.858. The predicted molar refractivity (Wildman–Crippen MR) is 83.8 cm³/mol. The lowest BCUT2D eigenvalue weighted by Gasteiger charge is -2.17. The van der Waals surface area contributed by atoms with Gasteiger partial charge in [-0.05, 0) is 30.3 Å². The molecule has 20 heavy (non-hydrogen) atoms. The Labute approximate surface area is 131 Å². The zero-order valence-electron chi connectivity index (χ0n) is 10.5. The van der Waals surface area contributed by atoms with Crippen molar-refractivity contribution >= 4 is 50.2 Å². The summed E-state index contributed by atoms with van der Waals surface area (Å²) in [6.07, 6.45) is 0. The van der Waals surface area contributed by atoms with Gasteiger partial charge in [0.25, 0.3) is 0 Å². The fourth-order valence-corrected chi connectivity index (χ4v) is 4.39. The Hall–Kier alpha value is -0.790. The van der Waals surface area contributed by atoms with Crippen LogP contribution in [-0.4, -0.2) is 19.8 Å². The van der Waals surface area contributed by atoms with Gasteiger partial charge >= 0.3 is 0 Å². The van der Waals surface area contributed by atoms with Crippen molar-refractivity contribution in [2.75, 3.05) is 12.8 Å². The molecule has 0 radical (unpaired) electrons. The number of halogens is 2. The van der Waals surface area contributed by atoms with Crippen molar-refractivity contribution < 1.29 is 8.42 Å². The van der Waals surface area contributed by atoms with Crippen molar-refractivity contribution in [3.63, 3.8) is 0 Å². The Bertz CT molecular complexity index is 729. The van der Waals surface area contributed by atoms with Gasteiger partial charge < -0.3 is 5.73 Å². The van der Waals surface area contributed by atoms with Crippen LogP contribution in [0.2, 0.25) is 9.36 Å². The van der Waals surface area contributed by atoms with Crippen LogP contribution >= 0.6 is 34.5 Å². The maximum absolute atomic E-state index is 12.5. The summed E-state index contributed by atoms with van der Waals surface area (Å²) in [5.41, 5.74) is 5.90. The second kappa shape index (κ2) is 5.91. The van der Waals surface area contributed by atoms with E-state index in [1.165, 1.54) is 34.8 Å². The van der Waals surface area contributed by atoms with Gasteiger partial charge in [-0.2, -0.15) is 4.31 Å². The van der Waals surface area contributed by atoms with E-state index in [1.54, 1.807) is 18.2 Å². The summed E-state index contributed by atoms with van der Waals surface area (Å²) < 4.78 is 26.8. The number of benzene rings is 1. The molecular formula is C12H12Cl2N2O2S2. The molecule has 0 atom stereocenters. The fraction of sp³-hybridized carbons (Fsp3) is 0.167. The Morgan fingerprint density at radius 1 is 1.25 bits per heavy atom. The normalized spacial score (nSPS) is 12.0. The number of thiophene rings is 1. The molecule has 2 N–H and O–H groups in total. The third-order valence-electron chi connectivity index (χ3n) is 2.67. The number of anilines is 1. The lowest BCUT2D eigenvalue weighted by atomic mass is 10.3. The van der Waals surface area contributed by atoms with Crippen LogP contribution in [0.25, 0.3) is 0 Å². The van der Waals surface area contributed by atoms with E-state index in [1.807, 2.05) is 0 Å². The van der Waals surface area contributed by atoms with Crippen LogP contribution in [0.3, 0.4) is 0 Å². The molecule has 0 aliphatic carbocycles. The Balaban J connectivity index is 2.32. The van der Waals surface area contributed by atoms with Crippen molar-refractivity contribution in [2.24, 2.45) is 0 Å². The molecule has 0 aliphatic rings. The highest BCUT2D eigenvalue weighted by Crippen LogP contribution is 2.28. The Morgan fingerprint density at radius 2 is 1.95 bits per heavy atom. The average Bonchev–Trinajstić information content (AvgIpc) is 2.77. The van der Waals surface area contributed by atoms with Gasteiger partial charge in [0, 0.05) is 23.5 Å². The first kappa shape index (κ1) is 15.6. The van der Waals surface area contributed by atoms with Crippen LogP contribution in [0.15, 0.2) is 35.2 Å². The largest absolute Gasteiger partial charge is 0.398 e. The standard InChI is InChI=1S/C12H12Cl2N2O2S2/c1-16(7-9-3-5-12(14)19-9)20(17,18)11-6-8(13)2-4-10(11)15/h2-6H,7,15H2,1H3. The number of sulfonamides is 1. The van der Waals surface area contributed by atoms with Crippen molar-refractivity contribution in [3.8, 4) is 0 Å². The number of nitrogens with zero attached hydrogens (tertiary/aromatic N) is 1. The highest BCUT2D eigenvalue weighted by Gasteiger charge is 2.24. The van der Waals surface area contributed by atoms with Crippen molar-refractivity contribution in [2.45, 2.75) is 11.4 Å². The monoisotopic (exact) mass is 350 g/mol. The van der Waals surface area contributed by atoms with Crippen LogP contribution in [0.5, 0.6) is 0 Å². The summed E-state index contributed by atoms with van der Waals surface area (Å²) in [4.78, 5) is 0.858. The molecule has 1 aromatic heterocycles. The molecule has 0 spiro atoms. The lowest BCUT2D eigenvalue weighted by molar-refractivity contribution is 0.470. The average molecular weight is 351 g/mol. The van der Waals surface area contributed by atoms with Crippen LogP contribution < -0.4 is 5.73 Å². The van der Waals surface area contributed by atoms with E-state index in [-0.39, 0.29) is 17.1 Å². The van der Waals surface area contributed by atoms with E-state index in [9.17, 15) is 8.42 Å². The SMILES string of the molecule is CN(Cc1ccc(Cl)s1)S(=O)(=O)c1cc(Cl)ccc1N. The van der Waals surface area contributed by atoms with Crippen molar-refractivity contribution in [3.05, 3.63) is 44.6 Å². The third-order valence-corrected chi connectivity index (χ3v) is 5.98. The van der Waals surface area contributed by atoms with Crippen molar-refractivity contribution in [1.29, 1.82) is 0 Å². The summed E-state index contributed by atoms with van der Waals surface area (Å²) in [6, 6.07) is 7.90. The fourth-order valence-electron chi connectivity index (χ4n) is 1.64. The van der Waals surface area contributed by atoms with Gasteiger partial charge in [-0.1, -0.05) is 23.2 Å². The second-order valence-electron chi connectivity index (χ2n) is 4.15. The Kier molecular flexibility index (Phi) is 4.61. The molecule has 0 aliphatic heterocycles. The highest BCUT2D eigenvalue weighted by molar-refractivity contribution is 7.89. The molecule has 1 heterocycles. The third kappa shape index (κ3) is 3.27. The second-order valence-corrected chi connectivity index (χ2v) is 8.40. The molecule has 108 valence electrons. The minimum atomic E-state index is -3.69. The molecule has 0 amide bonds. The van der Waals surface area contributed by atoms with Gasteiger partial charge in [0.2, 0.25) is 10.0 Å². The number of nitrogens with two attached hydrogens (primary N) is 1. The van der Waals surface area contributed by atoms with E-state index in [0.29, 0.717) is 9.36 Å². The van der Waals surface area contributed by atoms with E-state index in [4.69, 9.17) is 28.9 Å². The van der Waals surface area contributed by atoms with E-state index in [0.717, 1.165) is 4.88 Å². The van der Waals surface area contributed by atoms with Gasteiger partial charge in [-0.15, -0.1) is 11.3 Å². The minimum absolute atomic E-state index is 0.00940. The van der Waals surface area contributed by atoms with Gasteiger partial charge in [-0.25, -0.2) is 8.42 Å². The number of nitrogen functional groups attached to an aromatic ring is 1. The summed E-state index contributed by atoms with van der Waals surface area (Å²) >= 11 is 13.0. The van der Waals surface area contributed by atoms with E-state index >= 15 is 0 Å². The molecular weight excluding hydrogens is 339 g/mol. The molecule has 2 rings (SSSR count). The molecule has 4 nitrogen and oxygen atoms in total. The molecule has 8 heteroatoms. The molecule has 0 fully saturated rings. The number of hydrogen-bond donors (Lipinski definition) is 1. The van der Waals surface area contributed by atoms with Gasteiger partial charge in [0.05, 0.1) is 10.0 Å². The van der Waals surface area contributed by atoms with E-state index < -0.39 is 10.0 Å². The summed E-state index contributed by atoms with van der Waals surface area (Å²) in [5, 5.41) is 0.324. The molecule has 2 aromatic rings. The van der Waals surface area contributed by atoms with Crippen molar-refractivity contribution in [1.82, 2.24) is 4.31 Å². The number of rotatable bonds is 4. The summed E-state index contributed by atoms with van der Waals surface area (Å²) in [6.45, 7) is 0.228. The number of hydrogen-bond acceptors (Lipinski definition) is 4. The molecule has 0 unspecified atom stereocenters. The maximum Gasteiger partial charge on any atom is 0.245 e. The van der Waals surface area contributed by atoms with Crippen LogP contribution in [-0.2, 0) is 16.6 Å². The molecule has 1 aromatic carbocycles. The first-order valence-corrected chi connectivity index (χ1v) is 8.57. The molecule has 0 saturated carbocycles. The smallest absolute Gasteiger partial charge is 0.245 e. The zero-order chi connectivity index (χ0) is 14.9. The zero-order valence-corrected chi connectivity index (χ0v) is 13.7. The molecule has 0 saturated heterocycles. The summed E-state index contributed by atoms with van der Waals surface area (Å²) in [7, 11) is -2.20. The van der Waals surface area contributed by atoms with Crippen LogP contribution in [0, 0.1) is 0 Å². The Morgan fingerprint density at radius 3 is 2.55 bits per heavy atom. The predicted octanol–water partition coefficient (Wildman–Crippen LogP) is 3.46. The summed E-state index contributed by atoms with van der Waals surface area (Å²) in [5.74, 6) is 0. The van der Waals surface area contributed by atoms with Gasteiger partial charge in [0.1, 0.15) is 4.90 Å². The topological polar surface area (TPSA) is 63.4 Å². The van der Waals surface area contributed by atoms with Gasteiger partial charge in [0.15, 0.2) is 0 Å². The van der Waals surface area contributed by atoms with Gasteiger partial charge in [-0.3, -0.25) is 0 Å². The van der Waals surface area contributed by atoms with Crippen LogP contribution in [0.4, 0.5) is 5.69 Å². The highest BCUT2D eigenvalue weighted by atomic mass is 35.5.